The lowest BCUT2D eigenvalue weighted by Crippen LogP contribution is -2.35. The van der Waals surface area contributed by atoms with Crippen molar-refractivity contribution in [1.29, 1.82) is 0 Å². The van der Waals surface area contributed by atoms with E-state index in [2.05, 4.69) is 24.1 Å². The number of fused-ring (bicyclic) bond motifs is 2. The molecule has 1 unspecified atom stereocenters. The second kappa shape index (κ2) is 6.01. The van der Waals surface area contributed by atoms with Crippen LogP contribution in [0.25, 0.3) is 11.1 Å². The highest BCUT2D eigenvalue weighted by Crippen LogP contribution is 2.50. The van der Waals surface area contributed by atoms with Crippen LogP contribution in [0.4, 0.5) is 0 Å². The molecule has 4 rings (SSSR count). The van der Waals surface area contributed by atoms with E-state index < -0.39 is 5.97 Å². The summed E-state index contributed by atoms with van der Waals surface area (Å²) < 4.78 is 10.5. The lowest BCUT2D eigenvalue weighted by molar-refractivity contribution is -0.132. The summed E-state index contributed by atoms with van der Waals surface area (Å²) in [6.45, 7) is 2.73. The van der Waals surface area contributed by atoms with Crippen molar-refractivity contribution in [1.82, 2.24) is 4.90 Å². The molecule has 1 atom stereocenters. The minimum atomic E-state index is -0.437. The number of esters is 1. The quantitative estimate of drug-likeness (QED) is 0.490. The van der Waals surface area contributed by atoms with E-state index in [1.54, 1.807) is 6.07 Å². The molecule has 0 amide bonds. The van der Waals surface area contributed by atoms with E-state index in [0.717, 1.165) is 36.1 Å². The summed E-state index contributed by atoms with van der Waals surface area (Å²) in [6, 6.07) is 10.2. The Balaban J connectivity index is 1.99. The van der Waals surface area contributed by atoms with Crippen LogP contribution in [0.15, 0.2) is 30.3 Å². The molecule has 0 saturated heterocycles. The van der Waals surface area contributed by atoms with Crippen molar-refractivity contribution in [3.05, 3.63) is 47.0 Å². The molecule has 0 bridgehead atoms. The Morgan fingerprint density at radius 1 is 1.24 bits per heavy atom. The van der Waals surface area contributed by atoms with E-state index in [1.165, 1.54) is 18.1 Å². The van der Waals surface area contributed by atoms with E-state index in [1.807, 2.05) is 12.1 Å². The highest BCUT2D eigenvalue weighted by Gasteiger charge is 2.35. The molecule has 2 aromatic rings. The Labute approximate surface area is 146 Å². The van der Waals surface area contributed by atoms with Gasteiger partial charge in [0.05, 0.1) is 0 Å². The second-order valence-corrected chi connectivity index (χ2v) is 6.56. The number of hydrogen-bond acceptors (Lipinski definition) is 5. The van der Waals surface area contributed by atoms with Gasteiger partial charge in [-0.15, -0.1) is 0 Å². The van der Waals surface area contributed by atoms with Crippen molar-refractivity contribution in [2.45, 2.75) is 25.8 Å². The van der Waals surface area contributed by atoms with Gasteiger partial charge in [0.25, 0.3) is 6.47 Å². The van der Waals surface area contributed by atoms with Crippen LogP contribution in [-0.2, 0) is 22.4 Å². The van der Waals surface area contributed by atoms with E-state index in [-0.39, 0.29) is 5.75 Å². The van der Waals surface area contributed by atoms with E-state index in [9.17, 15) is 9.59 Å². The van der Waals surface area contributed by atoms with Crippen LogP contribution in [0.1, 0.15) is 29.7 Å². The molecule has 25 heavy (non-hydrogen) atoms. The molecule has 1 heterocycles. The number of nitrogens with zero attached hydrogens (tertiary/aromatic N) is 1. The van der Waals surface area contributed by atoms with E-state index >= 15 is 0 Å². The fourth-order valence-electron chi connectivity index (χ4n) is 4.04. The molecule has 1 aliphatic carbocycles. The normalized spacial score (nSPS) is 18.1. The molecule has 0 spiro atoms. The zero-order chi connectivity index (χ0) is 17.6. The Kier molecular flexibility index (Phi) is 3.81. The lowest BCUT2D eigenvalue weighted by Gasteiger charge is -2.40. The molecule has 0 saturated carbocycles. The molecule has 2 aliphatic rings. The van der Waals surface area contributed by atoms with Gasteiger partial charge in [0, 0.05) is 25.1 Å². The molecule has 0 fully saturated rings. The predicted octanol–water partition coefficient (Wildman–Crippen LogP) is 2.90. The summed E-state index contributed by atoms with van der Waals surface area (Å²) in [6.07, 6.45) is 1.84. The maximum Gasteiger partial charge on any atom is 0.308 e. The Hall–Kier alpha value is -2.66. The molecule has 5 nitrogen and oxygen atoms in total. The summed E-state index contributed by atoms with van der Waals surface area (Å²) in [7, 11) is 2.15. The summed E-state index contributed by atoms with van der Waals surface area (Å²) in [5, 5.41) is 0. The van der Waals surface area contributed by atoms with Gasteiger partial charge in [0.1, 0.15) is 0 Å². The molecule has 128 valence electrons. The minimum Gasteiger partial charge on any atom is -0.425 e. The van der Waals surface area contributed by atoms with Gasteiger partial charge in [-0.05, 0) is 48.2 Å². The first-order valence-corrected chi connectivity index (χ1v) is 8.37. The smallest absolute Gasteiger partial charge is 0.308 e. The van der Waals surface area contributed by atoms with Gasteiger partial charge in [-0.3, -0.25) is 14.5 Å². The van der Waals surface area contributed by atoms with Gasteiger partial charge >= 0.3 is 5.97 Å². The molecule has 2 aromatic carbocycles. The van der Waals surface area contributed by atoms with Crippen LogP contribution in [0.2, 0.25) is 0 Å². The summed E-state index contributed by atoms with van der Waals surface area (Å²) in [5.41, 5.74) is 5.64. The van der Waals surface area contributed by atoms with Gasteiger partial charge < -0.3 is 9.47 Å². The van der Waals surface area contributed by atoms with E-state index in [4.69, 9.17) is 9.47 Å². The summed E-state index contributed by atoms with van der Waals surface area (Å²) in [5.74, 6) is 0.162. The van der Waals surface area contributed by atoms with Crippen LogP contribution >= 0.6 is 0 Å². The molecule has 0 aromatic heterocycles. The van der Waals surface area contributed by atoms with Crippen molar-refractivity contribution in [2.75, 3.05) is 13.6 Å². The highest BCUT2D eigenvalue weighted by atomic mass is 16.6. The molecule has 0 radical (unpaired) electrons. The number of rotatable bonds is 3. The maximum atomic E-state index is 11.6. The summed E-state index contributed by atoms with van der Waals surface area (Å²) >= 11 is 0. The fraction of sp³-hybridized carbons (Fsp3) is 0.300. The Bertz CT molecular complexity index is 874. The number of hydrogen-bond donors (Lipinski definition) is 0. The molecule has 0 N–H and O–H groups in total. The van der Waals surface area contributed by atoms with Crippen molar-refractivity contribution in [3.63, 3.8) is 0 Å². The van der Waals surface area contributed by atoms with Crippen LogP contribution in [0.3, 0.4) is 0 Å². The monoisotopic (exact) mass is 337 g/mol. The second-order valence-electron chi connectivity index (χ2n) is 6.56. The fourth-order valence-corrected chi connectivity index (χ4v) is 4.04. The Morgan fingerprint density at radius 2 is 2.08 bits per heavy atom. The first-order chi connectivity index (χ1) is 12.1. The van der Waals surface area contributed by atoms with Crippen molar-refractivity contribution >= 4 is 12.4 Å². The molecular formula is C20H19NO4. The topological polar surface area (TPSA) is 55.8 Å². The average Bonchev–Trinajstić information content (AvgIpc) is 2.59. The van der Waals surface area contributed by atoms with Crippen molar-refractivity contribution < 1.29 is 19.1 Å². The lowest BCUT2D eigenvalue weighted by atomic mass is 9.77. The van der Waals surface area contributed by atoms with Crippen LogP contribution in [0, 0.1) is 0 Å². The minimum absolute atomic E-state index is 0.268. The first-order valence-electron chi connectivity index (χ1n) is 8.37. The van der Waals surface area contributed by atoms with Crippen molar-refractivity contribution in [3.8, 4) is 22.6 Å². The average molecular weight is 337 g/mol. The van der Waals surface area contributed by atoms with Gasteiger partial charge in [-0.25, -0.2) is 0 Å². The van der Waals surface area contributed by atoms with Crippen LogP contribution in [-0.4, -0.2) is 30.9 Å². The number of likely N-dealkylation sites (N-methyl/N-ethyl adjacent to an activating group) is 1. The molecular weight excluding hydrogens is 318 g/mol. The zero-order valence-corrected chi connectivity index (χ0v) is 14.2. The van der Waals surface area contributed by atoms with Gasteiger partial charge in [-0.1, -0.05) is 24.3 Å². The molecule has 1 aliphatic heterocycles. The number of carbonyl (C=O) groups excluding carboxylic acids is 2. The number of benzene rings is 2. The molecule has 5 heteroatoms. The third kappa shape index (κ3) is 2.51. The van der Waals surface area contributed by atoms with Crippen molar-refractivity contribution in [2.24, 2.45) is 0 Å². The highest BCUT2D eigenvalue weighted by molar-refractivity contribution is 5.86. The van der Waals surface area contributed by atoms with Gasteiger partial charge in [0.2, 0.25) is 0 Å². The number of ether oxygens (including phenoxy) is 2. The summed E-state index contributed by atoms with van der Waals surface area (Å²) in [4.78, 5) is 24.9. The maximum absolute atomic E-state index is 11.6. The first kappa shape index (κ1) is 15.8. The van der Waals surface area contributed by atoms with Gasteiger partial charge in [-0.2, -0.15) is 0 Å². The van der Waals surface area contributed by atoms with Crippen LogP contribution in [0.5, 0.6) is 11.5 Å². The Morgan fingerprint density at radius 3 is 2.84 bits per heavy atom. The largest absolute Gasteiger partial charge is 0.425 e. The number of carbonyl (C=O) groups is 2. The zero-order valence-electron chi connectivity index (χ0n) is 14.2. The van der Waals surface area contributed by atoms with E-state index in [0.29, 0.717) is 18.3 Å². The predicted molar refractivity (Wildman–Crippen MR) is 92.7 cm³/mol. The van der Waals surface area contributed by atoms with Gasteiger partial charge in [0.15, 0.2) is 11.5 Å². The standard InChI is InChI=1S/C20H19NO4/c1-12(23)25-20-17(24-11-22)7-6-14-10-16-18-13(8-9-21(16)2)4-3-5-15(18)19(14)20/h3-7,11,16H,8-10H2,1-2H3. The van der Waals surface area contributed by atoms with Crippen LogP contribution < -0.4 is 9.47 Å². The third-order valence-corrected chi connectivity index (χ3v) is 5.11. The third-order valence-electron chi connectivity index (χ3n) is 5.11. The SMILES string of the molecule is CC(=O)Oc1c(OC=O)ccc2c1-c1cccc3c1C(C2)N(C)CC3.